The topological polar surface area (TPSA) is 49.4 Å². The van der Waals surface area contributed by atoms with Gasteiger partial charge in [-0.1, -0.05) is 18.2 Å². The van der Waals surface area contributed by atoms with Crippen molar-refractivity contribution in [2.45, 2.75) is 30.8 Å². The first-order chi connectivity index (χ1) is 8.03. The molecular formula is C12H18N2O2S. The van der Waals surface area contributed by atoms with Crippen molar-refractivity contribution in [2.24, 2.45) is 0 Å². The van der Waals surface area contributed by atoms with Gasteiger partial charge in [-0.15, -0.1) is 0 Å². The van der Waals surface area contributed by atoms with Crippen molar-refractivity contribution >= 4 is 10.0 Å². The van der Waals surface area contributed by atoms with Gasteiger partial charge in [-0.25, -0.2) is 8.42 Å². The van der Waals surface area contributed by atoms with Crippen LogP contribution in [0.4, 0.5) is 0 Å². The molecule has 5 heteroatoms. The summed E-state index contributed by atoms with van der Waals surface area (Å²) in [7, 11) is -3.37. The van der Waals surface area contributed by atoms with E-state index in [0.29, 0.717) is 18.0 Å². The Labute approximate surface area is 103 Å². The predicted molar refractivity (Wildman–Crippen MR) is 67.3 cm³/mol. The molecule has 0 bridgehead atoms. The lowest BCUT2D eigenvalue weighted by Crippen LogP contribution is -2.57. The van der Waals surface area contributed by atoms with E-state index in [4.69, 9.17) is 0 Å². The SMILES string of the molecule is C[C@@H]1CNC[C@H](C)N1S(=O)(=O)c1ccccc1. The van der Waals surface area contributed by atoms with Crippen LogP contribution in [0.1, 0.15) is 13.8 Å². The summed E-state index contributed by atoms with van der Waals surface area (Å²) in [6, 6.07) is 8.61. The molecule has 2 atom stereocenters. The van der Waals surface area contributed by atoms with E-state index in [1.54, 1.807) is 28.6 Å². The number of nitrogens with one attached hydrogen (secondary N) is 1. The fourth-order valence-electron chi connectivity index (χ4n) is 2.30. The number of nitrogens with zero attached hydrogens (tertiary/aromatic N) is 1. The maximum Gasteiger partial charge on any atom is 0.243 e. The Morgan fingerprint density at radius 1 is 1.12 bits per heavy atom. The lowest BCUT2D eigenvalue weighted by Gasteiger charge is -2.38. The second kappa shape index (κ2) is 4.76. The summed E-state index contributed by atoms with van der Waals surface area (Å²) in [5.74, 6) is 0. The molecule has 1 aliphatic rings. The molecule has 0 aliphatic carbocycles. The average molecular weight is 254 g/mol. The van der Waals surface area contributed by atoms with Crippen molar-refractivity contribution < 1.29 is 8.42 Å². The van der Waals surface area contributed by atoms with Crippen LogP contribution in [0, 0.1) is 0 Å². The van der Waals surface area contributed by atoms with Crippen molar-refractivity contribution in [1.29, 1.82) is 0 Å². The molecule has 0 radical (unpaired) electrons. The van der Waals surface area contributed by atoms with Crippen LogP contribution in [-0.4, -0.2) is 37.9 Å². The fourth-order valence-corrected chi connectivity index (χ4v) is 4.14. The Hall–Kier alpha value is -0.910. The van der Waals surface area contributed by atoms with Crippen LogP contribution < -0.4 is 5.32 Å². The number of rotatable bonds is 2. The van der Waals surface area contributed by atoms with Crippen molar-refractivity contribution in [3.8, 4) is 0 Å². The molecule has 1 aromatic rings. The Bertz CT molecular complexity index is 463. The third-order valence-electron chi connectivity index (χ3n) is 3.07. The molecule has 0 spiro atoms. The van der Waals surface area contributed by atoms with Crippen molar-refractivity contribution in [3.63, 3.8) is 0 Å². The second-order valence-electron chi connectivity index (χ2n) is 4.50. The highest BCUT2D eigenvalue weighted by atomic mass is 32.2. The number of hydrogen-bond acceptors (Lipinski definition) is 3. The fraction of sp³-hybridized carbons (Fsp3) is 0.500. The molecule has 1 saturated heterocycles. The minimum Gasteiger partial charge on any atom is -0.314 e. The monoisotopic (exact) mass is 254 g/mol. The first-order valence-electron chi connectivity index (χ1n) is 5.83. The van der Waals surface area contributed by atoms with Crippen LogP contribution >= 0.6 is 0 Å². The van der Waals surface area contributed by atoms with E-state index < -0.39 is 10.0 Å². The van der Waals surface area contributed by atoms with Crippen LogP contribution in [0.5, 0.6) is 0 Å². The molecule has 0 unspecified atom stereocenters. The number of benzene rings is 1. The van der Waals surface area contributed by atoms with Gasteiger partial charge in [0.25, 0.3) is 0 Å². The highest BCUT2D eigenvalue weighted by molar-refractivity contribution is 7.89. The first-order valence-corrected chi connectivity index (χ1v) is 7.27. The average Bonchev–Trinajstić information content (AvgIpc) is 2.29. The number of hydrogen-bond donors (Lipinski definition) is 1. The Morgan fingerprint density at radius 2 is 1.65 bits per heavy atom. The van der Waals surface area contributed by atoms with E-state index >= 15 is 0 Å². The molecule has 1 aromatic carbocycles. The zero-order valence-corrected chi connectivity index (χ0v) is 10.9. The summed E-state index contributed by atoms with van der Waals surface area (Å²) in [6.07, 6.45) is 0. The molecule has 2 rings (SSSR count). The van der Waals surface area contributed by atoms with Gasteiger partial charge in [0.2, 0.25) is 10.0 Å². The van der Waals surface area contributed by atoms with Crippen LogP contribution in [-0.2, 0) is 10.0 Å². The summed E-state index contributed by atoms with van der Waals surface area (Å²) in [5.41, 5.74) is 0. The van der Waals surface area contributed by atoms with Crippen LogP contribution in [0.2, 0.25) is 0 Å². The number of piperazine rings is 1. The standard InChI is InChI=1S/C12H18N2O2S/c1-10-8-13-9-11(2)14(10)17(15,16)12-6-4-3-5-7-12/h3-7,10-11,13H,8-9H2,1-2H3/t10-,11+. The molecule has 17 heavy (non-hydrogen) atoms. The third-order valence-corrected chi connectivity index (χ3v) is 5.21. The summed E-state index contributed by atoms with van der Waals surface area (Å²) in [5, 5.41) is 3.23. The van der Waals surface area contributed by atoms with Crippen molar-refractivity contribution in [3.05, 3.63) is 30.3 Å². The van der Waals surface area contributed by atoms with Crippen LogP contribution in [0.15, 0.2) is 35.2 Å². The van der Waals surface area contributed by atoms with E-state index in [0.717, 1.165) is 0 Å². The Balaban J connectivity index is 2.38. The van der Waals surface area contributed by atoms with Gasteiger partial charge in [-0.2, -0.15) is 4.31 Å². The molecular weight excluding hydrogens is 236 g/mol. The number of sulfonamides is 1. The Morgan fingerprint density at radius 3 is 2.18 bits per heavy atom. The zero-order chi connectivity index (χ0) is 12.5. The summed E-state index contributed by atoms with van der Waals surface area (Å²) >= 11 is 0. The maximum atomic E-state index is 12.5. The molecule has 4 nitrogen and oxygen atoms in total. The van der Waals surface area contributed by atoms with Gasteiger partial charge in [0.15, 0.2) is 0 Å². The molecule has 1 N–H and O–H groups in total. The summed E-state index contributed by atoms with van der Waals surface area (Å²) in [4.78, 5) is 0.376. The van der Waals surface area contributed by atoms with Gasteiger partial charge in [0.05, 0.1) is 4.90 Å². The quantitative estimate of drug-likeness (QED) is 0.858. The van der Waals surface area contributed by atoms with Gasteiger partial charge in [0, 0.05) is 25.2 Å². The molecule has 1 heterocycles. The third kappa shape index (κ3) is 2.36. The normalized spacial score (nSPS) is 26.9. The van der Waals surface area contributed by atoms with Gasteiger partial charge in [-0.05, 0) is 26.0 Å². The largest absolute Gasteiger partial charge is 0.314 e. The smallest absolute Gasteiger partial charge is 0.243 e. The van der Waals surface area contributed by atoms with Gasteiger partial charge >= 0.3 is 0 Å². The summed E-state index contributed by atoms with van der Waals surface area (Å²) in [6.45, 7) is 5.28. The van der Waals surface area contributed by atoms with E-state index in [1.165, 1.54) is 0 Å². The highest BCUT2D eigenvalue weighted by Gasteiger charge is 2.35. The minimum atomic E-state index is -3.37. The summed E-state index contributed by atoms with van der Waals surface area (Å²) < 4.78 is 26.6. The van der Waals surface area contributed by atoms with Gasteiger partial charge in [-0.3, -0.25) is 0 Å². The van der Waals surface area contributed by atoms with Gasteiger partial charge < -0.3 is 5.32 Å². The molecule has 94 valence electrons. The van der Waals surface area contributed by atoms with Gasteiger partial charge in [0.1, 0.15) is 0 Å². The van der Waals surface area contributed by atoms with E-state index in [9.17, 15) is 8.42 Å². The van der Waals surface area contributed by atoms with E-state index in [-0.39, 0.29) is 12.1 Å². The zero-order valence-electron chi connectivity index (χ0n) is 10.1. The van der Waals surface area contributed by atoms with Crippen LogP contribution in [0.25, 0.3) is 0 Å². The lowest BCUT2D eigenvalue weighted by atomic mass is 10.2. The highest BCUT2D eigenvalue weighted by Crippen LogP contribution is 2.22. The molecule has 0 saturated carbocycles. The van der Waals surface area contributed by atoms with E-state index in [2.05, 4.69) is 5.32 Å². The maximum absolute atomic E-state index is 12.5. The van der Waals surface area contributed by atoms with Crippen molar-refractivity contribution in [2.75, 3.05) is 13.1 Å². The van der Waals surface area contributed by atoms with Crippen molar-refractivity contribution in [1.82, 2.24) is 9.62 Å². The predicted octanol–water partition coefficient (Wildman–Crippen LogP) is 1.06. The second-order valence-corrected chi connectivity index (χ2v) is 6.35. The molecule has 0 amide bonds. The van der Waals surface area contributed by atoms with E-state index in [1.807, 2.05) is 19.9 Å². The molecule has 1 fully saturated rings. The minimum absolute atomic E-state index is 0.0102. The lowest BCUT2D eigenvalue weighted by molar-refractivity contribution is 0.220. The van der Waals surface area contributed by atoms with Crippen LogP contribution in [0.3, 0.4) is 0 Å². The first kappa shape index (κ1) is 12.5. The Kier molecular flexibility index (Phi) is 3.51. The molecule has 1 aliphatic heterocycles. The molecule has 0 aromatic heterocycles.